The second-order valence-corrected chi connectivity index (χ2v) is 8.13. The molecular formula is C24H30N4O3. The zero-order valence-electron chi connectivity index (χ0n) is 18.5. The SMILES string of the molecule is CCOC(=O)c1cnc2ccccc2c1NCC1CCN(Cc2nc(C)c(C)o2)CC1. The van der Waals surface area contributed by atoms with Crippen molar-refractivity contribution < 1.29 is 13.9 Å². The third-order valence-corrected chi connectivity index (χ3v) is 5.98. The molecule has 1 N–H and O–H groups in total. The van der Waals surface area contributed by atoms with Crippen LogP contribution in [0.5, 0.6) is 0 Å². The summed E-state index contributed by atoms with van der Waals surface area (Å²) in [7, 11) is 0. The number of fused-ring (bicyclic) bond motifs is 1. The number of hydrogen-bond acceptors (Lipinski definition) is 7. The highest BCUT2D eigenvalue weighted by Gasteiger charge is 2.22. The van der Waals surface area contributed by atoms with Gasteiger partial charge in [-0.25, -0.2) is 9.78 Å². The van der Waals surface area contributed by atoms with E-state index in [-0.39, 0.29) is 5.97 Å². The average Bonchev–Trinajstić information content (AvgIpc) is 3.09. The molecule has 1 aromatic carbocycles. The summed E-state index contributed by atoms with van der Waals surface area (Å²) in [5, 5.41) is 4.49. The van der Waals surface area contributed by atoms with Gasteiger partial charge in [0.05, 0.1) is 30.0 Å². The molecule has 0 amide bonds. The van der Waals surface area contributed by atoms with Crippen LogP contribution in [0.25, 0.3) is 10.9 Å². The van der Waals surface area contributed by atoms with Crippen LogP contribution in [-0.4, -0.2) is 47.1 Å². The minimum atomic E-state index is -0.338. The maximum Gasteiger partial charge on any atom is 0.341 e. The zero-order valence-corrected chi connectivity index (χ0v) is 18.5. The number of carbonyl (C=O) groups excluding carboxylic acids is 1. The molecule has 1 aliphatic rings. The van der Waals surface area contributed by atoms with E-state index in [0.717, 1.165) is 73.0 Å². The van der Waals surface area contributed by atoms with Gasteiger partial charge in [-0.1, -0.05) is 18.2 Å². The molecule has 164 valence electrons. The molecule has 3 heterocycles. The van der Waals surface area contributed by atoms with Crippen LogP contribution in [0.2, 0.25) is 0 Å². The summed E-state index contributed by atoms with van der Waals surface area (Å²) in [6, 6.07) is 7.88. The van der Waals surface area contributed by atoms with Gasteiger partial charge in [0.15, 0.2) is 0 Å². The van der Waals surface area contributed by atoms with Crippen molar-refractivity contribution in [2.75, 3.05) is 31.6 Å². The first kappa shape index (κ1) is 21.3. The lowest BCUT2D eigenvalue weighted by atomic mass is 9.96. The van der Waals surface area contributed by atoms with Crippen LogP contribution >= 0.6 is 0 Å². The summed E-state index contributed by atoms with van der Waals surface area (Å²) in [6.45, 7) is 9.68. The molecule has 31 heavy (non-hydrogen) atoms. The van der Waals surface area contributed by atoms with Crippen molar-refractivity contribution in [1.82, 2.24) is 14.9 Å². The fourth-order valence-corrected chi connectivity index (χ4v) is 4.09. The lowest BCUT2D eigenvalue weighted by Gasteiger charge is -2.31. The van der Waals surface area contributed by atoms with Crippen LogP contribution < -0.4 is 5.32 Å². The van der Waals surface area contributed by atoms with E-state index in [1.165, 1.54) is 0 Å². The van der Waals surface area contributed by atoms with Crippen LogP contribution in [-0.2, 0) is 11.3 Å². The third-order valence-electron chi connectivity index (χ3n) is 5.98. The first-order valence-corrected chi connectivity index (χ1v) is 11.0. The maximum atomic E-state index is 12.5. The van der Waals surface area contributed by atoms with Gasteiger partial charge < -0.3 is 14.5 Å². The fraction of sp³-hybridized carbons (Fsp3) is 0.458. The van der Waals surface area contributed by atoms with Gasteiger partial charge in [-0.05, 0) is 58.7 Å². The van der Waals surface area contributed by atoms with Crippen LogP contribution in [0.15, 0.2) is 34.9 Å². The Morgan fingerprint density at radius 2 is 2.03 bits per heavy atom. The Labute approximate surface area is 182 Å². The number of para-hydroxylation sites is 1. The Morgan fingerprint density at radius 3 is 2.74 bits per heavy atom. The van der Waals surface area contributed by atoms with Crippen LogP contribution in [0.4, 0.5) is 5.69 Å². The number of rotatable bonds is 7. The highest BCUT2D eigenvalue weighted by Crippen LogP contribution is 2.28. The number of nitrogens with one attached hydrogen (secondary N) is 1. The number of carbonyl (C=O) groups is 1. The highest BCUT2D eigenvalue weighted by atomic mass is 16.5. The number of aromatic nitrogens is 2. The summed E-state index contributed by atoms with van der Waals surface area (Å²) in [6.07, 6.45) is 3.79. The van der Waals surface area contributed by atoms with Crippen LogP contribution in [0, 0.1) is 19.8 Å². The van der Waals surface area contributed by atoms with E-state index in [9.17, 15) is 4.79 Å². The predicted molar refractivity (Wildman–Crippen MR) is 120 cm³/mol. The average molecular weight is 423 g/mol. The molecule has 7 heteroatoms. The number of likely N-dealkylation sites (tertiary alicyclic amines) is 1. The predicted octanol–water partition coefficient (Wildman–Crippen LogP) is 4.34. The van der Waals surface area contributed by atoms with E-state index in [0.29, 0.717) is 18.1 Å². The van der Waals surface area contributed by atoms with Crippen molar-refractivity contribution in [3.05, 3.63) is 53.4 Å². The van der Waals surface area contributed by atoms with Crippen LogP contribution in [0.1, 0.15) is 47.5 Å². The second kappa shape index (κ2) is 9.47. The van der Waals surface area contributed by atoms with Crippen LogP contribution in [0.3, 0.4) is 0 Å². The van der Waals surface area contributed by atoms with Crippen molar-refractivity contribution in [2.45, 2.75) is 40.2 Å². The van der Waals surface area contributed by atoms with E-state index < -0.39 is 0 Å². The number of esters is 1. The molecule has 0 radical (unpaired) electrons. The van der Waals surface area contributed by atoms with Gasteiger partial charge in [0.2, 0.25) is 5.89 Å². The number of hydrogen-bond donors (Lipinski definition) is 1. The Hall–Kier alpha value is -2.93. The molecule has 4 rings (SSSR count). The van der Waals surface area contributed by atoms with Gasteiger partial charge in [-0.3, -0.25) is 9.88 Å². The summed E-state index contributed by atoms with van der Waals surface area (Å²) in [4.78, 5) is 23.8. The monoisotopic (exact) mass is 422 g/mol. The zero-order chi connectivity index (χ0) is 21.8. The van der Waals surface area contributed by atoms with E-state index in [2.05, 4.69) is 20.2 Å². The van der Waals surface area contributed by atoms with Gasteiger partial charge in [-0.15, -0.1) is 0 Å². The number of nitrogens with zero attached hydrogens (tertiary/aromatic N) is 3. The minimum absolute atomic E-state index is 0.338. The molecule has 0 saturated carbocycles. The standard InChI is InChI=1S/C24H30N4O3/c1-4-30-24(29)20-14-25-21-8-6-5-7-19(21)23(20)26-13-18-9-11-28(12-10-18)15-22-27-16(2)17(3)31-22/h5-8,14,18H,4,9-13,15H2,1-3H3,(H,25,26). The molecule has 0 atom stereocenters. The topological polar surface area (TPSA) is 80.5 Å². The Kier molecular flexibility index (Phi) is 6.51. The highest BCUT2D eigenvalue weighted by molar-refractivity contribution is 6.04. The number of pyridine rings is 1. The number of benzene rings is 1. The fourth-order valence-electron chi connectivity index (χ4n) is 4.09. The number of oxazole rings is 1. The maximum absolute atomic E-state index is 12.5. The van der Waals surface area contributed by atoms with E-state index in [1.54, 1.807) is 6.20 Å². The van der Waals surface area contributed by atoms with Gasteiger partial charge in [0, 0.05) is 18.1 Å². The lowest BCUT2D eigenvalue weighted by Crippen LogP contribution is -2.35. The quantitative estimate of drug-likeness (QED) is 0.567. The number of anilines is 1. The number of ether oxygens (including phenoxy) is 1. The molecule has 0 unspecified atom stereocenters. The van der Waals surface area contributed by atoms with Crippen molar-refractivity contribution in [1.29, 1.82) is 0 Å². The van der Waals surface area contributed by atoms with Gasteiger partial charge >= 0.3 is 5.97 Å². The lowest BCUT2D eigenvalue weighted by molar-refractivity contribution is 0.0527. The summed E-state index contributed by atoms with van der Waals surface area (Å²) >= 11 is 0. The molecule has 2 aromatic heterocycles. The third kappa shape index (κ3) is 4.88. The molecule has 1 fully saturated rings. The summed E-state index contributed by atoms with van der Waals surface area (Å²) < 4.78 is 11.0. The molecule has 0 spiro atoms. The molecule has 0 bridgehead atoms. The van der Waals surface area contributed by atoms with Gasteiger partial charge in [-0.2, -0.15) is 0 Å². The Morgan fingerprint density at radius 1 is 1.26 bits per heavy atom. The summed E-state index contributed by atoms with van der Waals surface area (Å²) in [5.74, 6) is 1.89. The molecule has 1 aliphatic heterocycles. The van der Waals surface area contributed by atoms with E-state index in [4.69, 9.17) is 9.15 Å². The first-order chi connectivity index (χ1) is 15.0. The van der Waals surface area contributed by atoms with Crippen molar-refractivity contribution in [3.8, 4) is 0 Å². The molecule has 7 nitrogen and oxygen atoms in total. The normalized spacial score (nSPS) is 15.3. The molecule has 1 saturated heterocycles. The van der Waals surface area contributed by atoms with E-state index in [1.807, 2.05) is 45.0 Å². The minimum Gasteiger partial charge on any atom is -0.462 e. The molecule has 0 aliphatic carbocycles. The molecular weight excluding hydrogens is 392 g/mol. The Bertz CT molecular complexity index is 1030. The second-order valence-electron chi connectivity index (χ2n) is 8.13. The van der Waals surface area contributed by atoms with Crippen molar-refractivity contribution >= 4 is 22.6 Å². The number of piperidine rings is 1. The van der Waals surface area contributed by atoms with Gasteiger partial charge in [0.1, 0.15) is 11.3 Å². The number of aryl methyl sites for hydroxylation is 2. The smallest absolute Gasteiger partial charge is 0.341 e. The molecule has 3 aromatic rings. The Balaban J connectivity index is 1.40. The van der Waals surface area contributed by atoms with Crippen molar-refractivity contribution in [3.63, 3.8) is 0 Å². The van der Waals surface area contributed by atoms with Gasteiger partial charge in [0.25, 0.3) is 0 Å². The van der Waals surface area contributed by atoms with Crippen molar-refractivity contribution in [2.24, 2.45) is 5.92 Å². The largest absolute Gasteiger partial charge is 0.462 e. The first-order valence-electron chi connectivity index (χ1n) is 11.0. The van der Waals surface area contributed by atoms with E-state index >= 15 is 0 Å². The summed E-state index contributed by atoms with van der Waals surface area (Å²) in [5.41, 5.74) is 3.14.